The van der Waals surface area contributed by atoms with Crippen LogP contribution in [0.2, 0.25) is 0 Å². The Bertz CT molecular complexity index is 636. The number of aromatic nitrogens is 2. The smallest absolute Gasteiger partial charge is 0.236 e. The number of hydrogen-bond donors (Lipinski definition) is 1. The van der Waals surface area contributed by atoms with Gasteiger partial charge in [0.2, 0.25) is 11.7 Å². The van der Waals surface area contributed by atoms with Crippen molar-refractivity contribution in [3.63, 3.8) is 0 Å². The van der Waals surface area contributed by atoms with E-state index in [1.54, 1.807) is 26.2 Å². The van der Waals surface area contributed by atoms with Gasteiger partial charge >= 0.3 is 0 Å². The van der Waals surface area contributed by atoms with Crippen molar-refractivity contribution >= 4 is 0 Å². The first kappa shape index (κ1) is 14.2. The minimum atomic E-state index is -0.288. The van der Waals surface area contributed by atoms with Crippen molar-refractivity contribution in [3.8, 4) is 11.4 Å². The third-order valence-electron chi connectivity index (χ3n) is 3.97. The Morgan fingerprint density at radius 3 is 3.00 bits per heavy atom. The fraction of sp³-hybridized carbons (Fsp3) is 0.467. The average Bonchev–Trinajstić information content (AvgIpc) is 3.12. The third-order valence-corrected chi connectivity index (χ3v) is 3.97. The van der Waals surface area contributed by atoms with Crippen molar-refractivity contribution in [2.45, 2.75) is 18.8 Å². The van der Waals surface area contributed by atoms with Crippen LogP contribution in [0.15, 0.2) is 22.7 Å². The van der Waals surface area contributed by atoms with Gasteiger partial charge in [-0.3, -0.25) is 0 Å². The molecule has 1 aromatic heterocycles. The molecule has 21 heavy (non-hydrogen) atoms. The fourth-order valence-electron chi connectivity index (χ4n) is 2.68. The fourth-order valence-corrected chi connectivity index (χ4v) is 2.68. The molecule has 0 bridgehead atoms. The van der Waals surface area contributed by atoms with Gasteiger partial charge in [0, 0.05) is 19.2 Å². The molecule has 1 N–H and O–H groups in total. The number of aryl methyl sites for hydroxylation is 1. The van der Waals surface area contributed by atoms with Crippen LogP contribution >= 0.6 is 0 Å². The summed E-state index contributed by atoms with van der Waals surface area (Å²) >= 11 is 0. The molecular weight excluding hydrogens is 273 g/mol. The Balaban J connectivity index is 1.93. The third kappa shape index (κ3) is 2.56. The molecule has 112 valence electrons. The molecule has 3 rings (SSSR count). The molecule has 1 saturated heterocycles. The Hall–Kier alpha value is -1.79. The zero-order chi connectivity index (χ0) is 14.9. The van der Waals surface area contributed by atoms with E-state index in [1.807, 2.05) is 0 Å². The van der Waals surface area contributed by atoms with E-state index in [4.69, 9.17) is 9.26 Å². The summed E-state index contributed by atoms with van der Waals surface area (Å²) in [4.78, 5) is 4.46. The molecule has 0 aliphatic carbocycles. The van der Waals surface area contributed by atoms with E-state index in [0.29, 0.717) is 29.4 Å². The maximum atomic E-state index is 13.7. The Morgan fingerprint density at radius 2 is 2.33 bits per heavy atom. The Kier molecular flexibility index (Phi) is 3.73. The van der Waals surface area contributed by atoms with Crippen LogP contribution < -0.4 is 5.32 Å². The summed E-state index contributed by atoms with van der Waals surface area (Å²) in [6.07, 6.45) is 0.880. The summed E-state index contributed by atoms with van der Waals surface area (Å²) in [5.41, 5.74) is 0.924. The molecule has 2 aromatic rings. The number of hydrogen-bond acceptors (Lipinski definition) is 5. The summed E-state index contributed by atoms with van der Waals surface area (Å²) < 4.78 is 24.4. The molecule has 1 atom stereocenters. The van der Waals surface area contributed by atoms with Gasteiger partial charge in [0.05, 0.1) is 12.0 Å². The number of ether oxygens (including phenoxy) is 1. The second-order valence-electron chi connectivity index (χ2n) is 5.53. The molecule has 2 heterocycles. The number of benzene rings is 1. The van der Waals surface area contributed by atoms with Gasteiger partial charge in [-0.1, -0.05) is 17.3 Å². The molecule has 0 amide bonds. The number of methoxy groups -OCH3 is 1. The maximum absolute atomic E-state index is 13.7. The first-order valence-corrected chi connectivity index (χ1v) is 6.95. The molecule has 5 nitrogen and oxygen atoms in total. The van der Waals surface area contributed by atoms with E-state index in [9.17, 15) is 4.39 Å². The summed E-state index contributed by atoms with van der Waals surface area (Å²) in [7, 11) is 1.66. The molecule has 0 spiro atoms. The highest BCUT2D eigenvalue weighted by Gasteiger charge is 2.41. The SMILES string of the molecule is COCC1(c2nc(-c3ccc(C)c(F)c3)no2)CCNC1. The van der Waals surface area contributed by atoms with Crippen LogP contribution in [0.5, 0.6) is 0 Å². The van der Waals surface area contributed by atoms with Crippen molar-refractivity contribution in [3.05, 3.63) is 35.5 Å². The molecule has 6 heteroatoms. The van der Waals surface area contributed by atoms with Crippen molar-refractivity contribution in [2.75, 3.05) is 26.8 Å². The first-order valence-electron chi connectivity index (χ1n) is 6.95. The quantitative estimate of drug-likeness (QED) is 0.934. The second kappa shape index (κ2) is 5.54. The van der Waals surface area contributed by atoms with Gasteiger partial charge in [0.15, 0.2) is 0 Å². The van der Waals surface area contributed by atoms with Gasteiger partial charge in [0.25, 0.3) is 0 Å². The normalized spacial score (nSPS) is 21.9. The van der Waals surface area contributed by atoms with Crippen LogP contribution in [-0.2, 0) is 10.2 Å². The Morgan fingerprint density at radius 1 is 1.48 bits per heavy atom. The molecule has 1 aromatic carbocycles. The van der Waals surface area contributed by atoms with Crippen LogP contribution in [0.3, 0.4) is 0 Å². The summed E-state index contributed by atoms with van der Waals surface area (Å²) in [6, 6.07) is 4.94. The van der Waals surface area contributed by atoms with Gasteiger partial charge in [-0.15, -0.1) is 0 Å². The van der Waals surface area contributed by atoms with Gasteiger partial charge in [-0.2, -0.15) is 4.98 Å². The van der Waals surface area contributed by atoms with Crippen LogP contribution in [0, 0.1) is 12.7 Å². The van der Waals surface area contributed by atoms with Crippen molar-refractivity contribution in [2.24, 2.45) is 0 Å². The lowest BCUT2D eigenvalue weighted by Crippen LogP contribution is -2.34. The zero-order valence-corrected chi connectivity index (χ0v) is 12.1. The lowest BCUT2D eigenvalue weighted by molar-refractivity contribution is 0.117. The molecule has 0 saturated carbocycles. The number of nitrogens with one attached hydrogen (secondary N) is 1. The Labute approximate surface area is 122 Å². The van der Waals surface area contributed by atoms with E-state index < -0.39 is 0 Å². The van der Waals surface area contributed by atoms with Gasteiger partial charge in [0.1, 0.15) is 5.82 Å². The predicted molar refractivity (Wildman–Crippen MR) is 75.5 cm³/mol. The second-order valence-corrected chi connectivity index (χ2v) is 5.53. The number of nitrogens with zero attached hydrogens (tertiary/aromatic N) is 2. The average molecular weight is 291 g/mol. The highest BCUT2D eigenvalue weighted by molar-refractivity contribution is 5.55. The molecule has 0 radical (unpaired) electrons. The summed E-state index contributed by atoms with van der Waals surface area (Å²) in [5, 5.41) is 7.29. The largest absolute Gasteiger partial charge is 0.384 e. The van der Waals surface area contributed by atoms with E-state index in [1.165, 1.54) is 6.07 Å². The maximum Gasteiger partial charge on any atom is 0.236 e. The minimum absolute atomic E-state index is 0.270. The van der Waals surface area contributed by atoms with Crippen LogP contribution in [0.1, 0.15) is 17.9 Å². The van der Waals surface area contributed by atoms with Crippen LogP contribution in [0.25, 0.3) is 11.4 Å². The number of halogens is 1. The molecule has 1 aliphatic heterocycles. The molecule has 1 fully saturated rings. The topological polar surface area (TPSA) is 60.2 Å². The van der Waals surface area contributed by atoms with Crippen LogP contribution in [-0.4, -0.2) is 36.9 Å². The highest BCUT2D eigenvalue weighted by Crippen LogP contribution is 2.31. The van der Waals surface area contributed by atoms with Gasteiger partial charge in [-0.05, 0) is 31.5 Å². The first-order chi connectivity index (χ1) is 10.1. The monoisotopic (exact) mass is 291 g/mol. The highest BCUT2D eigenvalue weighted by atomic mass is 19.1. The molecule has 1 aliphatic rings. The van der Waals surface area contributed by atoms with E-state index in [-0.39, 0.29) is 11.2 Å². The standard InChI is InChI=1S/C15H18FN3O2/c1-10-3-4-11(7-12(10)16)13-18-14(21-19-13)15(9-20-2)5-6-17-8-15/h3-4,7,17H,5-6,8-9H2,1-2H3. The lowest BCUT2D eigenvalue weighted by atomic mass is 9.88. The van der Waals surface area contributed by atoms with Gasteiger partial charge in [-0.25, -0.2) is 4.39 Å². The lowest BCUT2D eigenvalue weighted by Gasteiger charge is -2.22. The van der Waals surface area contributed by atoms with E-state index in [2.05, 4.69) is 15.5 Å². The molecular formula is C15H18FN3O2. The summed E-state index contributed by atoms with van der Waals surface area (Å²) in [6.45, 7) is 3.87. The van der Waals surface area contributed by atoms with Crippen molar-refractivity contribution in [1.29, 1.82) is 0 Å². The predicted octanol–water partition coefficient (Wildman–Crippen LogP) is 2.06. The number of rotatable bonds is 4. The van der Waals surface area contributed by atoms with E-state index >= 15 is 0 Å². The van der Waals surface area contributed by atoms with Crippen molar-refractivity contribution < 1.29 is 13.7 Å². The molecule has 1 unspecified atom stereocenters. The van der Waals surface area contributed by atoms with Crippen LogP contribution in [0.4, 0.5) is 4.39 Å². The minimum Gasteiger partial charge on any atom is -0.384 e. The zero-order valence-electron chi connectivity index (χ0n) is 12.1. The van der Waals surface area contributed by atoms with E-state index in [0.717, 1.165) is 19.5 Å². The van der Waals surface area contributed by atoms with Gasteiger partial charge < -0.3 is 14.6 Å². The van der Waals surface area contributed by atoms with Crippen molar-refractivity contribution in [1.82, 2.24) is 15.5 Å². The summed E-state index contributed by atoms with van der Waals surface area (Å²) in [5.74, 6) is 0.685.